The number of fused-ring (bicyclic) bond motifs is 1. The molecule has 1 aromatic heterocycles. The molecule has 2 aromatic carbocycles. The quantitative estimate of drug-likeness (QED) is 0.643. The van der Waals surface area contributed by atoms with Gasteiger partial charge in [0.1, 0.15) is 5.82 Å². The molecule has 2 heteroatoms. The molecule has 108 valence electrons. The second-order valence-electron chi connectivity index (χ2n) is 5.51. The second kappa shape index (κ2) is 6.57. The molecule has 1 heterocycles. The van der Waals surface area contributed by atoms with E-state index in [1.54, 1.807) is 0 Å². The largest absolute Gasteiger partial charge is 0.328 e. The van der Waals surface area contributed by atoms with Crippen molar-refractivity contribution in [1.29, 1.82) is 0 Å². The van der Waals surface area contributed by atoms with E-state index in [0.29, 0.717) is 0 Å². The maximum absolute atomic E-state index is 4.79. The number of aromatic nitrogens is 2. The minimum Gasteiger partial charge on any atom is -0.328 e. The molecule has 0 bridgehead atoms. The molecular formula is C19H22N2. The van der Waals surface area contributed by atoms with Crippen LogP contribution in [0.2, 0.25) is 0 Å². The third-order valence-corrected chi connectivity index (χ3v) is 3.90. The topological polar surface area (TPSA) is 17.8 Å². The van der Waals surface area contributed by atoms with E-state index < -0.39 is 0 Å². The summed E-state index contributed by atoms with van der Waals surface area (Å²) in [7, 11) is 0. The molecule has 3 rings (SSSR count). The molecule has 0 N–H and O–H groups in total. The number of benzene rings is 2. The molecule has 3 aromatic rings. The van der Waals surface area contributed by atoms with Crippen LogP contribution in [0.25, 0.3) is 11.0 Å². The average molecular weight is 278 g/mol. The lowest BCUT2D eigenvalue weighted by molar-refractivity contribution is 0.619. The molecule has 2 nitrogen and oxygen atoms in total. The summed E-state index contributed by atoms with van der Waals surface area (Å²) in [4.78, 5) is 4.79. The first-order valence-electron chi connectivity index (χ1n) is 7.86. The molecular weight excluding hydrogens is 256 g/mol. The van der Waals surface area contributed by atoms with Gasteiger partial charge in [0.15, 0.2) is 0 Å². The molecule has 0 aliphatic carbocycles. The molecule has 0 saturated carbocycles. The van der Waals surface area contributed by atoms with Crippen LogP contribution < -0.4 is 0 Å². The highest BCUT2D eigenvalue weighted by molar-refractivity contribution is 5.75. The number of hydrogen-bond acceptors (Lipinski definition) is 1. The highest BCUT2D eigenvalue weighted by Crippen LogP contribution is 2.18. The smallest absolute Gasteiger partial charge is 0.109 e. The summed E-state index contributed by atoms with van der Waals surface area (Å²) in [6, 6.07) is 19.2. The van der Waals surface area contributed by atoms with Gasteiger partial charge in [0, 0.05) is 13.0 Å². The number of rotatable bonds is 6. The summed E-state index contributed by atoms with van der Waals surface area (Å²) in [6.07, 6.45) is 4.47. The maximum Gasteiger partial charge on any atom is 0.109 e. The fraction of sp³-hybridized carbons (Fsp3) is 0.316. The number of hydrogen-bond donors (Lipinski definition) is 0. The molecule has 21 heavy (non-hydrogen) atoms. The first-order chi connectivity index (χ1) is 10.4. The summed E-state index contributed by atoms with van der Waals surface area (Å²) in [6.45, 7) is 3.26. The van der Waals surface area contributed by atoms with Crippen molar-refractivity contribution >= 4 is 11.0 Å². The molecule has 0 aliphatic rings. The summed E-state index contributed by atoms with van der Waals surface area (Å²) < 4.78 is 2.40. The Bertz CT molecular complexity index is 698. The Hall–Kier alpha value is -2.09. The van der Waals surface area contributed by atoms with E-state index in [4.69, 9.17) is 4.98 Å². The Labute approximate surface area is 126 Å². The van der Waals surface area contributed by atoms with E-state index in [2.05, 4.69) is 66.1 Å². The van der Waals surface area contributed by atoms with Gasteiger partial charge in [0.25, 0.3) is 0 Å². The van der Waals surface area contributed by atoms with E-state index in [-0.39, 0.29) is 0 Å². The van der Waals surface area contributed by atoms with Crippen molar-refractivity contribution in [3.05, 3.63) is 66.0 Å². The third-order valence-electron chi connectivity index (χ3n) is 3.90. The van der Waals surface area contributed by atoms with Gasteiger partial charge in [-0.05, 0) is 37.0 Å². The molecule has 0 amide bonds. The molecule has 0 radical (unpaired) electrons. The minimum absolute atomic E-state index is 1.05. The van der Waals surface area contributed by atoms with Gasteiger partial charge in [-0.1, -0.05) is 49.4 Å². The standard InChI is InChI=1S/C19H22N2/c1-2-9-19-20-17-13-6-7-14-18(17)21(19)15-8-12-16-10-4-3-5-11-16/h3-7,10-11,13-14H,2,8-9,12,15H2,1H3. The lowest BCUT2D eigenvalue weighted by Gasteiger charge is -2.09. The van der Waals surface area contributed by atoms with E-state index in [1.165, 1.54) is 16.9 Å². The van der Waals surface area contributed by atoms with Gasteiger partial charge in [-0.2, -0.15) is 0 Å². The highest BCUT2D eigenvalue weighted by Gasteiger charge is 2.09. The van der Waals surface area contributed by atoms with Crippen molar-refractivity contribution < 1.29 is 0 Å². The van der Waals surface area contributed by atoms with Gasteiger partial charge < -0.3 is 4.57 Å². The zero-order valence-electron chi connectivity index (χ0n) is 12.6. The van der Waals surface area contributed by atoms with Gasteiger partial charge in [-0.25, -0.2) is 4.98 Å². The number of para-hydroxylation sites is 2. The number of nitrogens with zero attached hydrogens (tertiary/aromatic N) is 2. The third kappa shape index (κ3) is 3.15. The van der Waals surface area contributed by atoms with E-state index >= 15 is 0 Å². The average Bonchev–Trinajstić information content (AvgIpc) is 2.87. The van der Waals surface area contributed by atoms with Crippen LogP contribution in [0.5, 0.6) is 0 Å². The van der Waals surface area contributed by atoms with Gasteiger partial charge in [-0.15, -0.1) is 0 Å². The Morgan fingerprint density at radius 1 is 0.905 bits per heavy atom. The van der Waals surface area contributed by atoms with Crippen molar-refractivity contribution in [2.75, 3.05) is 0 Å². The summed E-state index contributed by atoms with van der Waals surface area (Å²) in [5.41, 5.74) is 3.81. The molecule has 0 unspecified atom stereocenters. The first kappa shape index (κ1) is 13.9. The van der Waals surface area contributed by atoms with Crippen LogP contribution in [-0.2, 0) is 19.4 Å². The second-order valence-corrected chi connectivity index (χ2v) is 5.51. The Kier molecular flexibility index (Phi) is 4.34. The van der Waals surface area contributed by atoms with Crippen molar-refractivity contribution in [3.63, 3.8) is 0 Å². The maximum atomic E-state index is 4.79. The Morgan fingerprint density at radius 3 is 2.48 bits per heavy atom. The fourth-order valence-electron chi connectivity index (χ4n) is 2.88. The van der Waals surface area contributed by atoms with Crippen molar-refractivity contribution in [3.8, 4) is 0 Å². The zero-order valence-corrected chi connectivity index (χ0v) is 12.6. The SMILES string of the molecule is CCCc1nc2ccccc2n1CCCc1ccccc1. The van der Waals surface area contributed by atoms with Crippen molar-refractivity contribution in [2.45, 2.75) is 39.2 Å². The Balaban J connectivity index is 1.77. The molecule has 0 saturated heterocycles. The van der Waals surface area contributed by atoms with Crippen molar-refractivity contribution in [2.24, 2.45) is 0 Å². The number of aryl methyl sites for hydroxylation is 3. The van der Waals surface area contributed by atoms with E-state index in [1.807, 2.05) is 0 Å². The highest BCUT2D eigenvalue weighted by atomic mass is 15.1. The van der Waals surface area contributed by atoms with Crippen LogP contribution in [-0.4, -0.2) is 9.55 Å². The molecule has 0 atom stereocenters. The Morgan fingerprint density at radius 2 is 1.67 bits per heavy atom. The molecule has 0 spiro atoms. The van der Waals surface area contributed by atoms with Crippen LogP contribution in [0, 0.1) is 0 Å². The fourth-order valence-corrected chi connectivity index (χ4v) is 2.88. The summed E-state index contributed by atoms with van der Waals surface area (Å²) >= 11 is 0. The van der Waals surface area contributed by atoms with E-state index in [9.17, 15) is 0 Å². The van der Waals surface area contributed by atoms with Gasteiger partial charge >= 0.3 is 0 Å². The van der Waals surface area contributed by atoms with Crippen LogP contribution >= 0.6 is 0 Å². The number of imidazole rings is 1. The predicted octanol–water partition coefficient (Wildman–Crippen LogP) is 4.62. The lowest BCUT2D eigenvalue weighted by Crippen LogP contribution is -2.05. The normalized spacial score (nSPS) is 11.1. The van der Waals surface area contributed by atoms with Crippen LogP contribution in [0.3, 0.4) is 0 Å². The minimum atomic E-state index is 1.05. The monoisotopic (exact) mass is 278 g/mol. The lowest BCUT2D eigenvalue weighted by atomic mass is 10.1. The van der Waals surface area contributed by atoms with Gasteiger partial charge in [0.2, 0.25) is 0 Å². The van der Waals surface area contributed by atoms with Gasteiger partial charge in [-0.3, -0.25) is 0 Å². The predicted molar refractivity (Wildman–Crippen MR) is 88.5 cm³/mol. The zero-order chi connectivity index (χ0) is 14.5. The van der Waals surface area contributed by atoms with Gasteiger partial charge in [0.05, 0.1) is 11.0 Å². The molecule has 0 fully saturated rings. The van der Waals surface area contributed by atoms with Crippen LogP contribution in [0.15, 0.2) is 54.6 Å². The van der Waals surface area contributed by atoms with Crippen molar-refractivity contribution in [1.82, 2.24) is 9.55 Å². The first-order valence-corrected chi connectivity index (χ1v) is 7.86. The van der Waals surface area contributed by atoms with Crippen LogP contribution in [0.1, 0.15) is 31.2 Å². The molecule has 0 aliphatic heterocycles. The summed E-state index contributed by atoms with van der Waals surface area (Å²) in [5, 5.41) is 0. The van der Waals surface area contributed by atoms with E-state index in [0.717, 1.165) is 37.7 Å². The van der Waals surface area contributed by atoms with Crippen LogP contribution in [0.4, 0.5) is 0 Å². The summed E-state index contributed by atoms with van der Waals surface area (Å²) in [5.74, 6) is 1.23.